The summed E-state index contributed by atoms with van der Waals surface area (Å²) in [7, 11) is 0. The molecular weight excluding hydrogens is 162 g/mol. The van der Waals surface area contributed by atoms with Crippen molar-refractivity contribution in [2.24, 2.45) is 15.0 Å². The first kappa shape index (κ1) is 6.73. The molecular formula is C7H6ClN3. The Bertz CT molecular complexity index is 288. The van der Waals surface area contributed by atoms with Gasteiger partial charge in [-0.1, -0.05) is 17.7 Å². The van der Waals surface area contributed by atoms with Gasteiger partial charge in [-0.15, -0.1) is 0 Å². The summed E-state index contributed by atoms with van der Waals surface area (Å²) in [6.45, 7) is 0. The number of halogens is 1. The molecule has 2 aliphatic rings. The number of nitrogens with zero attached hydrogens (tertiary/aromatic N) is 3. The molecule has 3 nitrogen and oxygen atoms in total. The molecule has 11 heavy (non-hydrogen) atoms. The van der Waals surface area contributed by atoms with E-state index < -0.39 is 0 Å². The van der Waals surface area contributed by atoms with E-state index in [1.54, 1.807) is 12.4 Å². The van der Waals surface area contributed by atoms with E-state index in [2.05, 4.69) is 15.0 Å². The fraction of sp³-hybridized carbons (Fsp3) is 0.286. The molecule has 56 valence electrons. The number of hydrogen-bond acceptors (Lipinski definition) is 3. The maximum absolute atomic E-state index is 5.63. The second-order valence-corrected chi connectivity index (χ2v) is 2.72. The minimum absolute atomic E-state index is 0.0995. The molecule has 0 aromatic heterocycles. The van der Waals surface area contributed by atoms with Gasteiger partial charge in [-0.05, 0) is 6.42 Å². The summed E-state index contributed by atoms with van der Waals surface area (Å²) in [4.78, 5) is 12.3. The normalized spacial score (nSPS) is 27.5. The van der Waals surface area contributed by atoms with Gasteiger partial charge in [0, 0.05) is 6.20 Å². The van der Waals surface area contributed by atoms with E-state index in [0.717, 1.165) is 12.3 Å². The molecule has 2 rings (SSSR count). The fourth-order valence-corrected chi connectivity index (χ4v) is 1.17. The molecule has 2 heterocycles. The minimum Gasteiger partial charge on any atom is -0.278 e. The van der Waals surface area contributed by atoms with Crippen LogP contribution in [0.5, 0.6) is 0 Å². The van der Waals surface area contributed by atoms with Crippen LogP contribution < -0.4 is 0 Å². The highest BCUT2D eigenvalue weighted by atomic mass is 35.5. The first-order valence-corrected chi connectivity index (χ1v) is 3.74. The largest absolute Gasteiger partial charge is 0.278 e. The summed E-state index contributed by atoms with van der Waals surface area (Å²) in [6.07, 6.45) is 6.16. The molecule has 0 radical (unpaired) electrons. The van der Waals surface area contributed by atoms with E-state index in [9.17, 15) is 0 Å². The van der Waals surface area contributed by atoms with E-state index in [4.69, 9.17) is 11.6 Å². The second kappa shape index (κ2) is 2.58. The summed E-state index contributed by atoms with van der Waals surface area (Å²) in [6, 6.07) is 0.0995. The molecule has 0 fully saturated rings. The summed E-state index contributed by atoms with van der Waals surface area (Å²) in [5.74, 6) is 0.722. The monoisotopic (exact) mass is 167 g/mol. The lowest BCUT2D eigenvalue weighted by Crippen LogP contribution is -2.23. The minimum atomic E-state index is 0.0995. The molecule has 0 amide bonds. The van der Waals surface area contributed by atoms with Crippen molar-refractivity contribution in [3.05, 3.63) is 12.3 Å². The molecule has 0 saturated heterocycles. The van der Waals surface area contributed by atoms with Crippen molar-refractivity contribution in [3.63, 3.8) is 0 Å². The molecule has 0 aromatic rings. The molecule has 4 heteroatoms. The van der Waals surface area contributed by atoms with Crippen molar-refractivity contribution >= 4 is 28.8 Å². The van der Waals surface area contributed by atoms with Crippen LogP contribution in [-0.2, 0) is 0 Å². The molecule has 1 unspecified atom stereocenters. The van der Waals surface area contributed by atoms with Crippen LogP contribution in [-0.4, -0.2) is 23.3 Å². The van der Waals surface area contributed by atoms with Crippen LogP contribution >= 0.6 is 11.6 Å². The summed E-state index contributed by atoms with van der Waals surface area (Å²) in [5, 5.41) is 0.412. The molecule has 0 aliphatic carbocycles. The lowest BCUT2D eigenvalue weighted by atomic mass is 10.1. The average molecular weight is 168 g/mol. The zero-order valence-electron chi connectivity index (χ0n) is 5.74. The predicted molar refractivity (Wildman–Crippen MR) is 46.8 cm³/mol. The Kier molecular flexibility index (Phi) is 1.58. The quantitative estimate of drug-likeness (QED) is 0.523. The van der Waals surface area contributed by atoms with Crippen molar-refractivity contribution in [3.8, 4) is 0 Å². The number of aliphatic imine (C=N–C) groups is 3. The van der Waals surface area contributed by atoms with Crippen LogP contribution in [0.1, 0.15) is 6.42 Å². The molecule has 0 aromatic carbocycles. The summed E-state index contributed by atoms with van der Waals surface area (Å²) in [5.41, 5.74) is 0. The van der Waals surface area contributed by atoms with E-state index in [1.807, 2.05) is 6.08 Å². The molecule has 0 N–H and O–H groups in total. The third-order valence-corrected chi connectivity index (χ3v) is 1.73. The maximum Gasteiger partial charge on any atom is 0.154 e. The van der Waals surface area contributed by atoms with E-state index in [-0.39, 0.29) is 6.04 Å². The Balaban J connectivity index is 2.35. The average Bonchev–Trinajstić information content (AvgIpc) is 2.04. The van der Waals surface area contributed by atoms with Crippen LogP contribution in [0.25, 0.3) is 0 Å². The molecule has 2 aliphatic heterocycles. The fourth-order valence-electron chi connectivity index (χ4n) is 1.03. The predicted octanol–water partition coefficient (Wildman–Crippen LogP) is 1.39. The Morgan fingerprint density at radius 2 is 2.45 bits per heavy atom. The van der Waals surface area contributed by atoms with Gasteiger partial charge in [0.25, 0.3) is 0 Å². The van der Waals surface area contributed by atoms with Crippen LogP contribution in [0.2, 0.25) is 0 Å². The smallest absolute Gasteiger partial charge is 0.154 e. The van der Waals surface area contributed by atoms with Gasteiger partial charge in [0.15, 0.2) is 5.84 Å². The van der Waals surface area contributed by atoms with Crippen molar-refractivity contribution in [1.82, 2.24) is 0 Å². The van der Waals surface area contributed by atoms with Gasteiger partial charge in [0.2, 0.25) is 0 Å². The third-order valence-electron chi connectivity index (χ3n) is 1.55. The molecule has 0 bridgehead atoms. The van der Waals surface area contributed by atoms with E-state index >= 15 is 0 Å². The van der Waals surface area contributed by atoms with Gasteiger partial charge in [-0.25, -0.2) is 9.98 Å². The lowest BCUT2D eigenvalue weighted by Gasteiger charge is -2.15. The zero-order valence-corrected chi connectivity index (χ0v) is 6.49. The zero-order chi connectivity index (χ0) is 7.68. The van der Waals surface area contributed by atoms with Gasteiger partial charge in [0.1, 0.15) is 11.2 Å². The number of rotatable bonds is 0. The highest BCUT2D eigenvalue weighted by Crippen LogP contribution is 2.12. The van der Waals surface area contributed by atoms with E-state index in [1.165, 1.54) is 0 Å². The maximum atomic E-state index is 5.63. The van der Waals surface area contributed by atoms with Crippen LogP contribution in [0.4, 0.5) is 0 Å². The highest BCUT2D eigenvalue weighted by molar-refractivity contribution is 6.80. The van der Waals surface area contributed by atoms with Crippen LogP contribution in [0, 0.1) is 0 Å². The van der Waals surface area contributed by atoms with Crippen molar-refractivity contribution in [1.29, 1.82) is 0 Å². The molecule has 0 saturated carbocycles. The Labute approximate surface area is 69.2 Å². The lowest BCUT2D eigenvalue weighted by molar-refractivity contribution is 0.854. The van der Waals surface area contributed by atoms with Gasteiger partial charge >= 0.3 is 0 Å². The van der Waals surface area contributed by atoms with E-state index in [0.29, 0.717) is 5.17 Å². The third kappa shape index (κ3) is 1.24. The Morgan fingerprint density at radius 1 is 1.55 bits per heavy atom. The standard InChI is InChI=1S/C7H6ClN3/c8-6-4-10-5-2-1-3-9-7(5)11-6/h1,3-5H,2H2. The van der Waals surface area contributed by atoms with Gasteiger partial charge in [0.05, 0.1) is 6.21 Å². The van der Waals surface area contributed by atoms with Gasteiger partial charge in [-0.3, -0.25) is 4.99 Å². The van der Waals surface area contributed by atoms with Gasteiger partial charge < -0.3 is 0 Å². The Morgan fingerprint density at radius 3 is 3.36 bits per heavy atom. The van der Waals surface area contributed by atoms with Crippen molar-refractivity contribution in [2.75, 3.05) is 0 Å². The summed E-state index contributed by atoms with van der Waals surface area (Å²) >= 11 is 5.63. The second-order valence-electron chi connectivity index (χ2n) is 2.34. The van der Waals surface area contributed by atoms with Crippen LogP contribution in [0.15, 0.2) is 27.3 Å². The number of amidine groups is 1. The SMILES string of the molecule is ClC1=NC2=NC=CCC2N=C1. The summed E-state index contributed by atoms with van der Waals surface area (Å²) < 4.78 is 0. The highest BCUT2D eigenvalue weighted by Gasteiger charge is 2.18. The number of hydrogen-bond donors (Lipinski definition) is 0. The molecule has 1 atom stereocenters. The van der Waals surface area contributed by atoms with Crippen molar-refractivity contribution < 1.29 is 0 Å². The Hall–Kier alpha value is -0.960. The van der Waals surface area contributed by atoms with Crippen LogP contribution in [0.3, 0.4) is 0 Å². The molecule has 0 spiro atoms. The van der Waals surface area contributed by atoms with Crippen molar-refractivity contribution in [2.45, 2.75) is 12.5 Å². The number of fused-ring (bicyclic) bond motifs is 1. The first-order chi connectivity index (χ1) is 5.36. The first-order valence-electron chi connectivity index (χ1n) is 3.36. The topological polar surface area (TPSA) is 37.1 Å². The van der Waals surface area contributed by atoms with Gasteiger partial charge in [-0.2, -0.15) is 0 Å².